The van der Waals surface area contributed by atoms with Crippen molar-refractivity contribution in [2.24, 2.45) is 0 Å². The largest absolute Gasteiger partial charge is 0.496 e. The standard InChI is InChI=1S/C14H19NO4S/c1-9-4-5-12(19-3)11(6-9)10(2)15-13(16)7-20-8-14(17)18/h4-6,10H,7-8H2,1-3H3,(H,15,16)(H,17,18). The van der Waals surface area contributed by atoms with Crippen LogP contribution in [0.25, 0.3) is 0 Å². The maximum atomic E-state index is 11.7. The number of carbonyl (C=O) groups is 2. The van der Waals surface area contributed by atoms with Gasteiger partial charge in [-0.3, -0.25) is 9.59 Å². The van der Waals surface area contributed by atoms with E-state index in [9.17, 15) is 9.59 Å². The smallest absolute Gasteiger partial charge is 0.313 e. The van der Waals surface area contributed by atoms with E-state index in [0.717, 1.165) is 28.6 Å². The molecule has 0 saturated heterocycles. The maximum Gasteiger partial charge on any atom is 0.313 e. The number of thioether (sulfide) groups is 1. The normalized spacial score (nSPS) is 11.8. The Labute approximate surface area is 122 Å². The Balaban J connectivity index is 2.61. The summed E-state index contributed by atoms with van der Waals surface area (Å²) in [6, 6.07) is 5.59. The molecule has 1 rings (SSSR count). The third-order valence-corrected chi connectivity index (χ3v) is 3.61. The summed E-state index contributed by atoms with van der Waals surface area (Å²) in [4.78, 5) is 22.1. The molecule has 1 unspecified atom stereocenters. The monoisotopic (exact) mass is 297 g/mol. The number of rotatable bonds is 7. The predicted molar refractivity (Wildman–Crippen MR) is 79.2 cm³/mol. The summed E-state index contributed by atoms with van der Waals surface area (Å²) >= 11 is 1.08. The first-order valence-electron chi connectivity index (χ1n) is 6.17. The highest BCUT2D eigenvalue weighted by atomic mass is 32.2. The number of methoxy groups -OCH3 is 1. The fourth-order valence-corrected chi connectivity index (χ4v) is 2.33. The van der Waals surface area contributed by atoms with Crippen LogP contribution in [-0.2, 0) is 9.59 Å². The molecule has 0 heterocycles. The molecule has 20 heavy (non-hydrogen) atoms. The Morgan fingerprint density at radius 1 is 1.40 bits per heavy atom. The first kappa shape index (κ1) is 16.4. The molecule has 1 amide bonds. The van der Waals surface area contributed by atoms with Gasteiger partial charge in [-0.25, -0.2) is 0 Å². The Hall–Kier alpha value is -1.69. The SMILES string of the molecule is COc1ccc(C)cc1C(C)NC(=O)CSCC(=O)O. The average Bonchev–Trinajstić information content (AvgIpc) is 2.38. The molecule has 110 valence electrons. The van der Waals surface area contributed by atoms with Crippen molar-refractivity contribution in [1.82, 2.24) is 5.32 Å². The van der Waals surface area contributed by atoms with Crippen LogP contribution in [0.3, 0.4) is 0 Å². The fourth-order valence-electron chi connectivity index (χ4n) is 1.78. The van der Waals surface area contributed by atoms with Crippen LogP contribution in [0.15, 0.2) is 18.2 Å². The lowest BCUT2D eigenvalue weighted by Crippen LogP contribution is -2.28. The van der Waals surface area contributed by atoms with Crippen LogP contribution in [-0.4, -0.2) is 35.6 Å². The predicted octanol–water partition coefficient (Wildman–Crippen LogP) is 2.00. The van der Waals surface area contributed by atoms with E-state index in [0.29, 0.717) is 0 Å². The summed E-state index contributed by atoms with van der Waals surface area (Å²) in [6.07, 6.45) is 0. The number of ether oxygens (including phenoxy) is 1. The van der Waals surface area contributed by atoms with Crippen LogP contribution in [0.4, 0.5) is 0 Å². The highest BCUT2D eigenvalue weighted by Crippen LogP contribution is 2.26. The van der Waals surface area contributed by atoms with E-state index in [4.69, 9.17) is 9.84 Å². The van der Waals surface area contributed by atoms with Gasteiger partial charge in [0.1, 0.15) is 5.75 Å². The van der Waals surface area contributed by atoms with Crippen molar-refractivity contribution in [1.29, 1.82) is 0 Å². The van der Waals surface area contributed by atoms with Crippen LogP contribution in [0, 0.1) is 6.92 Å². The van der Waals surface area contributed by atoms with Gasteiger partial charge in [-0.15, -0.1) is 11.8 Å². The Morgan fingerprint density at radius 2 is 2.10 bits per heavy atom. The average molecular weight is 297 g/mol. The lowest BCUT2D eigenvalue weighted by atomic mass is 10.0. The number of nitrogens with one attached hydrogen (secondary N) is 1. The van der Waals surface area contributed by atoms with Crippen LogP contribution < -0.4 is 10.1 Å². The third-order valence-electron chi connectivity index (χ3n) is 2.69. The Bertz CT molecular complexity index is 490. The molecule has 1 aromatic rings. The highest BCUT2D eigenvalue weighted by molar-refractivity contribution is 8.00. The summed E-state index contributed by atoms with van der Waals surface area (Å²) in [5.41, 5.74) is 1.99. The van der Waals surface area contributed by atoms with Gasteiger partial charge in [0, 0.05) is 5.56 Å². The molecule has 0 aliphatic heterocycles. The lowest BCUT2D eigenvalue weighted by Gasteiger charge is -2.17. The Morgan fingerprint density at radius 3 is 2.70 bits per heavy atom. The summed E-state index contributed by atoms with van der Waals surface area (Å²) in [7, 11) is 1.59. The fraction of sp³-hybridized carbons (Fsp3) is 0.429. The summed E-state index contributed by atoms with van der Waals surface area (Å²) < 4.78 is 5.28. The second-order valence-corrected chi connectivity index (χ2v) is 5.41. The van der Waals surface area contributed by atoms with E-state index in [1.165, 1.54) is 0 Å². The van der Waals surface area contributed by atoms with Crippen LogP contribution in [0.2, 0.25) is 0 Å². The van der Waals surface area contributed by atoms with Crippen molar-refractivity contribution in [3.05, 3.63) is 29.3 Å². The summed E-state index contributed by atoms with van der Waals surface area (Å²) in [5.74, 6) is -0.328. The molecule has 2 N–H and O–H groups in total. The van der Waals surface area contributed by atoms with Gasteiger partial charge in [0.2, 0.25) is 5.91 Å². The molecule has 0 fully saturated rings. The van der Waals surface area contributed by atoms with E-state index < -0.39 is 5.97 Å². The highest BCUT2D eigenvalue weighted by Gasteiger charge is 2.14. The van der Waals surface area contributed by atoms with E-state index in [2.05, 4.69) is 5.32 Å². The van der Waals surface area contributed by atoms with Crippen LogP contribution >= 0.6 is 11.8 Å². The first-order valence-corrected chi connectivity index (χ1v) is 7.33. The topological polar surface area (TPSA) is 75.6 Å². The minimum Gasteiger partial charge on any atom is -0.496 e. The zero-order valence-electron chi connectivity index (χ0n) is 11.8. The van der Waals surface area contributed by atoms with Crippen molar-refractivity contribution in [2.75, 3.05) is 18.6 Å². The molecule has 0 saturated carbocycles. The number of carbonyl (C=O) groups excluding carboxylic acids is 1. The number of aryl methyl sites for hydroxylation is 1. The molecule has 1 aromatic carbocycles. The van der Waals surface area contributed by atoms with Gasteiger partial charge in [0.25, 0.3) is 0 Å². The van der Waals surface area contributed by atoms with Gasteiger partial charge >= 0.3 is 5.97 Å². The molecule has 0 aromatic heterocycles. The number of carboxylic acid groups (broad SMARTS) is 1. The van der Waals surface area contributed by atoms with E-state index >= 15 is 0 Å². The second-order valence-electron chi connectivity index (χ2n) is 4.42. The zero-order valence-corrected chi connectivity index (χ0v) is 12.6. The van der Waals surface area contributed by atoms with Gasteiger partial charge in [-0.2, -0.15) is 0 Å². The molecule has 1 atom stereocenters. The number of hydrogen-bond acceptors (Lipinski definition) is 4. The van der Waals surface area contributed by atoms with Crippen molar-refractivity contribution < 1.29 is 19.4 Å². The number of carboxylic acids is 1. The molecule has 0 aliphatic carbocycles. The van der Waals surface area contributed by atoms with Crippen molar-refractivity contribution in [3.63, 3.8) is 0 Å². The molecule has 0 bridgehead atoms. The molecule has 0 radical (unpaired) electrons. The minimum absolute atomic E-state index is 0.0738. The summed E-state index contributed by atoms with van der Waals surface area (Å²) in [6.45, 7) is 3.84. The van der Waals surface area contributed by atoms with Gasteiger partial charge in [-0.1, -0.05) is 17.7 Å². The van der Waals surface area contributed by atoms with Gasteiger partial charge in [-0.05, 0) is 19.9 Å². The second kappa shape index (κ2) is 7.79. The number of amides is 1. The first-order chi connectivity index (χ1) is 9.43. The summed E-state index contributed by atoms with van der Waals surface area (Å²) in [5, 5.41) is 11.4. The van der Waals surface area contributed by atoms with Crippen LogP contribution in [0.1, 0.15) is 24.1 Å². The van der Waals surface area contributed by atoms with Gasteiger partial charge in [0.05, 0.1) is 24.7 Å². The minimum atomic E-state index is -0.920. The maximum absolute atomic E-state index is 11.7. The molecule has 0 aliphatic rings. The third kappa shape index (κ3) is 5.13. The van der Waals surface area contributed by atoms with E-state index in [1.54, 1.807) is 7.11 Å². The molecule has 6 heteroatoms. The van der Waals surface area contributed by atoms with Crippen LogP contribution in [0.5, 0.6) is 5.75 Å². The van der Waals surface area contributed by atoms with Crippen molar-refractivity contribution in [2.45, 2.75) is 19.9 Å². The molecule has 5 nitrogen and oxygen atoms in total. The van der Waals surface area contributed by atoms with Gasteiger partial charge in [0.15, 0.2) is 0 Å². The lowest BCUT2D eigenvalue weighted by molar-refractivity contribution is -0.133. The zero-order chi connectivity index (χ0) is 15.1. The number of benzene rings is 1. The quantitative estimate of drug-likeness (QED) is 0.805. The Kier molecular flexibility index (Phi) is 6.38. The van der Waals surface area contributed by atoms with Crippen molar-refractivity contribution in [3.8, 4) is 5.75 Å². The number of aliphatic carboxylic acids is 1. The molecular weight excluding hydrogens is 278 g/mol. The molecule has 0 spiro atoms. The molecular formula is C14H19NO4S. The number of hydrogen-bond donors (Lipinski definition) is 2. The van der Waals surface area contributed by atoms with Crippen molar-refractivity contribution >= 4 is 23.6 Å². The van der Waals surface area contributed by atoms with E-state index in [-0.39, 0.29) is 23.5 Å². The van der Waals surface area contributed by atoms with E-state index in [1.807, 2.05) is 32.0 Å². The van der Waals surface area contributed by atoms with Gasteiger partial charge < -0.3 is 15.2 Å².